The number of likely N-dealkylation sites (tertiary alicyclic amines) is 1. The van der Waals surface area contributed by atoms with Gasteiger partial charge in [-0.25, -0.2) is 4.39 Å². The van der Waals surface area contributed by atoms with Crippen LogP contribution in [-0.2, 0) is 11.3 Å². The van der Waals surface area contributed by atoms with Gasteiger partial charge in [-0.3, -0.25) is 9.59 Å². The zero-order valence-corrected chi connectivity index (χ0v) is 17.1. The lowest BCUT2D eigenvalue weighted by Gasteiger charge is -2.34. The maximum absolute atomic E-state index is 13.4. The summed E-state index contributed by atoms with van der Waals surface area (Å²) < 4.78 is 13.4. The molecule has 1 aliphatic heterocycles. The number of hydrogen-bond acceptors (Lipinski definition) is 2. The van der Waals surface area contributed by atoms with Gasteiger partial charge in [0.25, 0.3) is 5.91 Å². The predicted octanol–water partition coefficient (Wildman–Crippen LogP) is 4.49. The van der Waals surface area contributed by atoms with Crippen LogP contribution in [0, 0.1) is 11.7 Å². The van der Waals surface area contributed by atoms with E-state index in [-0.39, 0.29) is 23.5 Å². The highest BCUT2D eigenvalue weighted by atomic mass is 19.1. The Labute approximate surface area is 175 Å². The summed E-state index contributed by atoms with van der Waals surface area (Å²) in [4.78, 5) is 29.7. The van der Waals surface area contributed by atoms with Gasteiger partial charge in [-0.1, -0.05) is 48.5 Å². The summed E-state index contributed by atoms with van der Waals surface area (Å²) in [7, 11) is 1.73. The van der Waals surface area contributed by atoms with Gasteiger partial charge in [0.15, 0.2) is 0 Å². The Kier molecular flexibility index (Phi) is 5.79. The lowest BCUT2D eigenvalue weighted by Crippen LogP contribution is -2.45. The number of piperidine rings is 1. The third-order valence-electron chi connectivity index (χ3n) is 5.76. The third kappa shape index (κ3) is 4.20. The Morgan fingerprint density at radius 2 is 1.83 bits per heavy atom. The van der Waals surface area contributed by atoms with Gasteiger partial charge in [-0.05, 0) is 47.4 Å². The minimum Gasteiger partial charge on any atom is -0.341 e. The van der Waals surface area contributed by atoms with Crippen molar-refractivity contribution >= 4 is 22.6 Å². The second kappa shape index (κ2) is 8.66. The molecule has 2 amide bonds. The van der Waals surface area contributed by atoms with Crippen molar-refractivity contribution in [3.63, 3.8) is 0 Å². The van der Waals surface area contributed by atoms with E-state index in [0.717, 1.165) is 29.2 Å². The van der Waals surface area contributed by atoms with Gasteiger partial charge in [-0.15, -0.1) is 0 Å². The quantitative estimate of drug-likeness (QED) is 0.643. The smallest absolute Gasteiger partial charge is 0.254 e. The lowest BCUT2D eigenvalue weighted by molar-refractivity contribution is -0.136. The van der Waals surface area contributed by atoms with Crippen LogP contribution in [-0.4, -0.2) is 41.8 Å². The number of halogens is 1. The van der Waals surface area contributed by atoms with Gasteiger partial charge in [-0.2, -0.15) is 0 Å². The van der Waals surface area contributed by atoms with Crippen LogP contribution in [0.4, 0.5) is 4.39 Å². The van der Waals surface area contributed by atoms with Crippen molar-refractivity contribution in [3.05, 3.63) is 83.7 Å². The number of rotatable bonds is 4. The number of benzene rings is 3. The number of carbonyl (C=O) groups excluding carboxylic acids is 2. The molecule has 5 heteroatoms. The Morgan fingerprint density at radius 1 is 1.07 bits per heavy atom. The molecular weight excluding hydrogens is 379 g/mol. The molecule has 0 spiro atoms. The fourth-order valence-electron chi connectivity index (χ4n) is 4.24. The molecule has 0 saturated carbocycles. The maximum Gasteiger partial charge on any atom is 0.254 e. The SMILES string of the molecule is CN(Cc1cccc(F)c1)C(=O)C1CCCN(C(=O)c2cccc3ccccc23)C1. The van der Waals surface area contributed by atoms with Gasteiger partial charge < -0.3 is 9.80 Å². The lowest BCUT2D eigenvalue weighted by atomic mass is 9.95. The van der Waals surface area contributed by atoms with E-state index in [9.17, 15) is 14.0 Å². The molecule has 0 aliphatic carbocycles. The summed E-state index contributed by atoms with van der Waals surface area (Å²) in [6.45, 7) is 1.41. The molecule has 154 valence electrons. The van der Waals surface area contributed by atoms with Crippen LogP contribution in [0.2, 0.25) is 0 Å². The van der Waals surface area contributed by atoms with E-state index in [0.29, 0.717) is 25.2 Å². The van der Waals surface area contributed by atoms with Crippen molar-refractivity contribution < 1.29 is 14.0 Å². The number of hydrogen-bond donors (Lipinski definition) is 0. The Morgan fingerprint density at radius 3 is 2.67 bits per heavy atom. The summed E-state index contributed by atoms with van der Waals surface area (Å²) >= 11 is 0. The molecule has 4 rings (SSSR count). The normalized spacial score (nSPS) is 16.5. The summed E-state index contributed by atoms with van der Waals surface area (Å²) in [5, 5.41) is 1.96. The van der Waals surface area contributed by atoms with Crippen molar-refractivity contribution in [2.75, 3.05) is 20.1 Å². The minimum atomic E-state index is -0.308. The van der Waals surface area contributed by atoms with Gasteiger partial charge >= 0.3 is 0 Å². The molecule has 1 aliphatic rings. The first-order chi connectivity index (χ1) is 14.5. The molecule has 1 heterocycles. The summed E-state index contributed by atoms with van der Waals surface area (Å²) in [5.74, 6) is -0.583. The molecule has 3 aromatic carbocycles. The molecule has 1 fully saturated rings. The first-order valence-electron chi connectivity index (χ1n) is 10.3. The molecule has 0 radical (unpaired) electrons. The monoisotopic (exact) mass is 404 g/mol. The van der Waals surface area contributed by atoms with Crippen LogP contribution in [0.3, 0.4) is 0 Å². The van der Waals surface area contributed by atoms with Gasteiger partial charge in [0, 0.05) is 32.2 Å². The summed E-state index contributed by atoms with van der Waals surface area (Å²) in [5.41, 5.74) is 1.43. The molecule has 1 saturated heterocycles. The van der Waals surface area contributed by atoms with Gasteiger partial charge in [0.2, 0.25) is 5.91 Å². The molecule has 4 nitrogen and oxygen atoms in total. The summed E-state index contributed by atoms with van der Waals surface area (Å²) in [6, 6.07) is 19.9. The first kappa shape index (κ1) is 20.1. The zero-order chi connectivity index (χ0) is 21.1. The second-order valence-corrected chi connectivity index (χ2v) is 7.94. The first-order valence-corrected chi connectivity index (χ1v) is 10.3. The minimum absolute atomic E-state index is 0.00493. The van der Waals surface area contributed by atoms with Gasteiger partial charge in [0.05, 0.1) is 5.92 Å². The van der Waals surface area contributed by atoms with E-state index in [2.05, 4.69) is 0 Å². The van der Waals surface area contributed by atoms with Crippen molar-refractivity contribution in [1.82, 2.24) is 9.80 Å². The van der Waals surface area contributed by atoms with E-state index in [1.165, 1.54) is 12.1 Å². The topological polar surface area (TPSA) is 40.6 Å². The molecule has 0 N–H and O–H groups in total. The molecule has 3 aromatic rings. The van der Waals surface area contributed by atoms with Crippen LogP contribution in [0.5, 0.6) is 0 Å². The van der Waals surface area contributed by atoms with Crippen molar-refractivity contribution in [2.45, 2.75) is 19.4 Å². The van der Waals surface area contributed by atoms with E-state index < -0.39 is 0 Å². The molecular formula is C25H25FN2O2. The number of nitrogens with zero attached hydrogens (tertiary/aromatic N) is 2. The standard InChI is InChI=1S/C25H25FN2O2/c1-27(16-18-7-4-11-21(26)15-18)24(29)20-10-6-14-28(17-20)25(30)23-13-5-9-19-8-2-3-12-22(19)23/h2-5,7-9,11-13,15,20H,6,10,14,16-17H2,1H3. The van der Waals surface area contributed by atoms with E-state index in [1.807, 2.05) is 48.5 Å². The molecule has 0 bridgehead atoms. The van der Waals surface area contributed by atoms with Crippen LogP contribution in [0.25, 0.3) is 10.8 Å². The average molecular weight is 404 g/mol. The molecule has 1 unspecified atom stereocenters. The Balaban J connectivity index is 1.47. The van der Waals surface area contributed by atoms with Crippen LogP contribution in [0.1, 0.15) is 28.8 Å². The number of amides is 2. The Bertz CT molecular complexity index is 1080. The molecule has 1 atom stereocenters. The number of fused-ring (bicyclic) bond motifs is 1. The van der Waals surface area contributed by atoms with Crippen LogP contribution in [0.15, 0.2) is 66.7 Å². The second-order valence-electron chi connectivity index (χ2n) is 7.94. The largest absolute Gasteiger partial charge is 0.341 e. The van der Waals surface area contributed by atoms with E-state index in [4.69, 9.17) is 0 Å². The number of carbonyl (C=O) groups is 2. The molecule has 30 heavy (non-hydrogen) atoms. The van der Waals surface area contributed by atoms with Crippen LogP contribution >= 0.6 is 0 Å². The average Bonchev–Trinajstić information content (AvgIpc) is 2.77. The highest BCUT2D eigenvalue weighted by Gasteiger charge is 2.31. The zero-order valence-electron chi connectivity index (χ0n) is 17.1. The van der Waals surface area contributed by atoms with Crippen molar-refractivity contribution in [3.8, 4) is 0 Å². The highest BCUT2D eigenvalue weighted by molar-refractivity contribution is 6.07. The van der Waals surface area contributed by atoms with Gasteiger partial charge in [0.1, 0.15) is 5.82 Å². The highest BCUT2D eigenvalue weighted by Crippen LogP contribution is 2.24. The fourth-order valence-corrected chi connectivity index (χ4v) is 4.24. The predicted molar refractivity (Wildman–Crippen MR) is 115 cm³/mol. The van der Waals surface area contributed by atoms with E-state index in [1.54, 1.807) is 22.9 Å². The Hall–Kier alpha value is -3.21. The van der Waals surface area contributed by atoms with Crippen molar-refractivity contribution in [1.29, 1.82) is 0 Å². The third-order valence-corrected chi connectivity index (χ3v) is 5.76. The fraction of sp³-hybridized carbons (Fsp3) is 0.280. The van der Waals surface area contributed by atoms with E-state index >= 15 is 0 Å². The summed E-state index contributed by atoms with van der Waals surface area (Å²) in [6.07, 6.45) is 1.55. The van der Waals surface area contributed by atoms with Crippen LogP contribution < -0.4 is 0 Å². The molecule has 0 aromatic heterocycles. The van der Waals surface area contributed by atoms with Crippen molar-refractivity contribution in [2.24, 2.45) is 5.92 Å². The maximum atomic E-state index is 13.4.